The largest absolute Gasteiger partial charge is 0.464 e. The molecule has 2 aromatic rings. The van der Waals surface area contributed by atoms with Gasteiger partial charge in [-0.25, -0.2) is 9.69 Å². The molecule has 8 heteroatoms. The van der Waals surface area contributed by atoms with Gasteiger partial charge in [0.1, 0.15) is 12.0 Å². The Morgan fingerprint density at radius 1 is 1.00 bits per heavy atom. The molecule has 2 atom stereocenters. The lowest BCUT2D eigenvalue weighted by Gasteiger charge is -2.22. The van der Waals surface area contributed by atoms with Crippen molar-refractivity contribution in [3.8, 4) is 0 Å². The Hall–Kier alpha value is -3.19. The van der Waals surface area contributed by atoms with Gasteiger partial charge in [-0.1, -0.05) is 29.8 Å². The lowest BCUT2D eigenvalue weighted by molar-refractivity contribution is -0.133. The van der Waals surface area contributed by atoms with Crippen LogP contribution in [0.4, 0.5) is 11.4 Å². The number of fused-ring (bicyclic) bond motifs is 1. The minimum atomic E-state index is -1.03. The molecule has 4 rings (SSSR count). The average Bonchev–Trinajstić information content (AvgIpc) is 3.20. The van der Waals surface area contributed by atoms with Crippen LogP contribution in [0.3, 0.4) is 0 Å². The third kappa shape index (κ3) is 2.67. The SMILES string of the molecule is COC(=O)C1=NN(c2ccccc2)[C@H]2C(=O)N(c3ccc(Cl)cc3)C(=O)[C@@H]12. The fourth-order valence-corrected chi connectivity index (χ4v) is 3.45. The molecule has 2 amide bonds. The van der Waals surface area contributed by atoms with Crippen molar-refractivity contribution >= 4 is 46.5 Å². The molecule has 2 heterocycles. The highest BCUT2D eigenvalue weighted by Crippen LogP contribution is 2.38. The van der Waals surface area contributed by atoms with Crippen LogP contribution in [0.1, 0.15) is 0 Å². The number of hydrazone groups is 1. The summed E-state index contributed by atoms with van der Waals surface area (Å²) in [5.74, 6) is -2.74. The molecule has 136 valence electrons. The highest BCUT2D eigenvalue weighted by Gasteiger charge is 2.59. The molecule has 0 aliphatic carbocycles. The number of ether oxygens (including phenoxy) is 1. The molecule has 1 fully saturated rings. The molecule has 2 aromatic carbocycles. The molecule has 0 spiro atoms. The van der Waals surface area contributed by atoms with Gasteiger partial charge in [0.25, 0.3) is 5.91 Å². The fraction of sp³-hybridized carbons (Fsp3) is 0.158. The molecule has 0 N–H and O–H groups in total. The van der Waals surface area contributed by atoms with Gasteiger partial charge in [-0.05, 0) is 36.4 Å². The van der Waals surface area contributed by atoms with E-state index in [4.69, 9.17) is 16.3 Å². The lowest BCUT2D eigenvalue weighted by atomic mass is 9.98. The van der Waals surface area contributed by atoms with Gasteiger partial charge in [0, 0.05) is 5.02 Å². The number of rotatable bonds is 3. The van der Waals surface area contributed by atoms with E-state index in [2.05, 4.69) is 5.10 Å². The first-order valence-electron chi connectivity index (χ1n) is 8.17. The molecule has 2 aliphatic heterocycles. The van der Waals surface area contributed by atoms with E-state index in [1.165, 1.54) is 12.1 Å². The minimum absolute atomic E-state index is 0.0823. The van der Waals surface area contributed by atoms with Crippen LogP contribution < -0.4 is 9.91 Å². The van der Waals surface area contributed by atoms with Crippen molar-refractivity contribution in [3.63, 3.8) is 0 Å². The number of hydrogen-bond acceptors (Lipinski definition) is 6. The lowest BCUT2D eigenvalue weighted by Crippen LogP contribution is -2.39. The van der Waals surface area contributed by atoms with Gasteiger partial charge in [-0.15, -0.1) is 0 Å². The standard InChI is InChI=1S/C19H14ClN3O4/c1-27-19(26)15-14-16(23(21-15)13-5-3-2-4-6-13)18(25)22(17(14)24)12-9-7-11(20)8-10-12/h2-10,14,16H,1H3/t14-,16+/m0/s1. The molecular weight excluding hydrogens is 370 g/mol. The van der Waals surface area contributed by atoms with Crippen molar-refractivity contribution in [2.24, 2.45) is 11.0 Å². The molecule has 27 heavy (non-hydrogen) atoms. The summed E-state index contributed by atoms with van der Waals surface area (Å²) in [6, 6.07) is 14.3. The average molecular weight is 384 g/mol. The van der Waals surface area contributed by atoms with Crippen molar-refractivity contribution in [2.75, 3.05) is 17.0 Å². The summed E-state index contributed by atoms with van der Waals surface area (Å²) in [5.41, 5.74) is 0.910. The number of hydrogen-bond donors (Lipinski definition) is 0. The molecule has 1 saturated heterocycles. The number of methoxy groups -OCH3 is 1. The molecule has 0 aromatic heterocycles. The predicted molar refractivity (Wildman–Crippen MR) is 99.6 cm³/mol. The van der Waals surface area contributed by atoms with Crippen molar-refractivity contribution in [1.82, 2.24) is 0 Å². The van der Waals surface area contributed by atoms with Crippen LogP contribution in [-0.2, 0) is 19.1 Å². The Bertz CT molecular complexity index is 959. The van der Waals surface area contributed by atoms with Gasteiger partial charge >= 0.3 is 5.97 Å². The summed E-state index contributed by atoms with van der Waals surface area (Å²) >= 11 is 5.90. The number of carbonyl (C=O) groups is 3. The summed E-state index contributed by atoms with van der Waals surface area (Å²) in [7, 11) is 1.21. The number of esters is 1. The smallest absolute Gasteiger partial charge is 0.355 e. The second-order valence-electron chi connectivity index (χ2n) is 6.07. The number of amides is 2. The van der Waals surface area contributed by atoms with Crippen LogP contribution in [0, 0.1) is 5.92 Å². The van der Waals surface area contributed by atoms with Crippen LogP contribution in [0.5, 0.6) is 0 Å². The molecule has 2 aliphatic rings. The zero-order valence-corrected chi connectivity index (χ0v) is 15.0. The monoisotopic (exact) mass is 383 g/mol. The molecule has 0 bridgehead atoms. The Labute approximate surface area is 159 Å². The minimum Gasteiger partial charge on any atom is -0.464 e. The van der Waals surface area contributed by atoms with E-state index in [1.54, 1.807) is 48.5 Å². The van der Waals surface area contributed by atoms with Crippen molar-refractivity contribution in [1.29, 1.82) is 0 Å². The number of benzene rings is 2. The third-order valence-electron chi connectivity index (χ3n) is 4.55. The Balaban J connectivity index is 1.80. The molecule has 0 unspecified atom stereocenters. The Morgan fingerprint density at radius 2 is 1.67 bits per heavy atom. The first-order chi connectivity index (χ1) is 13.0. The summed E-state index contributed by atoms with van der Waals surface area (Å²) < 4.78 is 4.77. The van der Waals surface area contributed by atoms with Gasteiger partial charge in [0.2, 0.25) is 5.91 Å². The number of anilines is 2. The number of nitrogens with zero attached hydrogens (tertiary/aromatic N) is 3. The second kappa shape index (κ2) is 6.51. The van der Waals surface area contributed by atoms with Gasteiger partial charge < -0.3 is 4.74 Å². The van der Waals surface area contributed by atoms with Gasteiger partial charge in [-0.2, -0.15) is 5.10 Å². The number of imide groups is 1. The predicted octanol–water partition coefficient (Wildman–Crippen LogP) is 2.25. The van der Waals surface area contributed by atoms with Crippen molar-refractivity contribution in [3.05, 3.63) is 59.6 Å². The van der Waals surface area contributed by atoms with E-state index in [0.29, 0.717) is 16.4 Å². The Kier molecular flexibility index (Phi) is 4.16. The summed E-state index contributed by atoms with van der Waals surface area (Å²) in [6.45, 7) is 0. The van der Waals surface area contributed by atoms with E-state index in [9.17, 15) is 14.4 Å². The van der Waals surface area contributed by atoms with Crippen LogP contribution in [0.25, 0.3) is 0 Å². The topological polar surface area (TPSA) is 79.3 Å². The maximum absolute atomic E-state index is 13.1. The zero-order valence-electron chi connectivity index (χ0n) is 14.2. The first kappa shape index (κ1) is 17.2. The quantitative estimate of drug-likeness (QED) is 0.600. The van der Waals surface area contributed by atoms with Crippen LogP contribution in [0.15, 0.2) is 59.7 Å². The van der Waals surface area contributed by atoms with Gasteiger partial charge in [0.05, 0.1) is 18.5 Å². The van der Waals surface area contributed by atoms with E-state index < -0.39 is 29.7 Å². The van der Waals surface area contributed by atoms with Crippen LogP contribution in [-0.4, -0.2) is 36.6 Å². The summed E-state index contributed by atoms with van der Waals surface area (Å²) in [5, 5.41) is 6.14. The van der Waals surface area contributed by atoms with Crippen LogP contribution in [0.2, 0.25) is 5.02 Å². The highest BCUT2D eigenvalue weighted by atomic mass is 35.5. The number of para-hydroxylation sites is 1. The molecular formula is C19H14ClN3O4. The van der Waals surface area contributed by atoms with Crippen LogP contribution >= 0.6 is 11.6 Å². The van der Waals surface area contributed by atoms with Gasteiger partial charge in [-0.3, -0.25) is 14.6 Å². The molecule has 0 saturated carbocycles. The summed E-state index contributed by atoms with van der Waals surface area (Å²) in [4.78, 5) is 39.4. The fourth-order valence-electron chi connectivity index (χ4n) is 3.33. The van der Waals surface area contributed by atoms with E-state index >= 15 is 0 Å². The number of carbonyl (C=O) groups excluding carboxylic acids is 3. The maximum Gasteiger partial charge on any atom is 0.355 e. The van der Waals surface area contributed by atoms with Gasteiger partial charge in [0.15, 0.2) is 5.71 Å². The zero-order chi connectivity index (χ0) is 19.1. The second-order valence-corrected chi connectivity index (χ2v) is 6.50. The van der Waals surface area contributed by atoms with E-state index in [-0.39, 0.29) is 5.71 Å². The molecule has 7 nitrogen and oxygen atoms in total. The van der Waals surface area contributed by atoms with Crippen molar-refractivity contribution in [2.45, 2.75) is 6.04 Å². The van der Waals surface area contributed by atoms with Crippen molar-refractivity contribution < 1.29 is 19.1 Å². The first-order valence-corrected chi connectivity index (χ1v) is 8.55. The maximum atomic E-state index is 13.1. The number of halogens is 1. The normalized spacial score (nSPS) is 21.3. The Morgan fingerprint density at radius 3 is 2.30 bits per heavy atom. The molecule has 0 radical (unpaired) electrons. The highest BCUT2D eigenvalue weighted by molar-refractivity contribution is 6.47. The third-order valence-corrected chi connectivity index (χ3v) is 4.80. The summed E-state index contributed by atoms with van der Waals surface area (Å²) in [6.07, 6.45) is 0. The van der Waals surface area contributed by atoms with E-state index in [0.717, 1.165) is 4.90 Å². The van der Waals surface area contributed by atoms with E-state index in [1.807, 2.05) is 6.07 Å².